The molecule has 0 saturated heterocycles. The quantitative estimate of drug-likeness (QED) is 0.707. The zero-order chi connectivity index (χ0) is 13.7. The first-order valence-electron chi connectivity index (χ1n) is 5.35. The summed E-state index contributed by atoms with van der Waals surface area (Å²) in [6.07, 6.45) is -1.27. The molecule has 0 aromatic heterocycles. The summed E-state index contributed by atoms with van der Waals surface area (Å²) in [5.74, 6) is -2.26. The number of amides is 1. The van der Waals surface area contributed by atoms with Crippen molar-refractivity contribution in [1.29, 1.82) is 0 Å². The summed E-state index contributed by atoms with van der Waals surface area (Å²) < 4.78 is 12.6. The van der Waals surface area contributed by atoms with E-state index in [-0.39, 0.29) is 6.42 Å². The van der Waals surface area contributed by atoms with Gasteiger partial charge in [0.25, 0.3) is 0 Å². The monoisotopic (exact) mass is 255 g/mol. The number of nitrogens with one attached hydrogen (secondary N) is 1. The minimum atomic E-state index is -1.35. The van der Waals surface area contributed by atoms with E-state index in [0.29, 0.717) is 5.56 Å². The predicted octanol–water partition coefficient (Wildman–Crippen LogP) is 0.318. The first kappa shape index (κ1) is 14.1. The molecule has 1 rings (SSSR count). The number of carboxylic acid groups (broad SMARTS) is 1. The van der Waals surface area contributed by atoms with Gasteiger partial charge in [-0.25, -0.2) is 9.18 Å². The van der Waals surface area contributed by atoms with E-state index in [1.54, 1.807) is 0 Å². The van der Waals surface area contributed by atoms with E-state index in [4.69, 9.17) is 5.11 Å². The summed E-state index contributed by atoms with van der Waals surface area (Å²) in [6.45, 7) is 1.27. The van der Waals surface area contributed by atoms with Crippen molar-refractivity contribution in [2.45, 2.75) is 25.5 Å². The van der Waals surface area contributed by atoms with Gasteiger partial charge in [0.05, 0.1) is 12.5 Å². The normalized spacial score (nSPS) is 13.7. The van der Waals surface area contributed by atoms with E-state index >= 15 is 0 Å². The van der Waals surface area contributed by atoms with Crippen LogP contribution in [0, 0.1) is 5.82 Å². The lowest BCUT2D eigenvalue weighted by Crippen LogP contribution is -2.48. The highest BCUT2D eigenvalue weighted by atomic mass is 19.1. The Bertz CT molecular complexity index is 430. The molecule has 6 heteroatoms. The van der Waals surface area contributed by atoms with Crippen LogP contribution in [0.5, 0.6) is 0 Å². The summed E-state index contributed by atoms with van der Waals surface area (Å²) in [5, 5.41) is 20.2. The van der Waals surface area contributed by atoms with Crippen molar-refractivity contribution in [3.8, 4) is 0 Å². The topological polar surface area (TPSA) is 86.6 Å². The Hall–Kier alpha value is -1.95. The number of aliphatic hydroxyl groups excluding tert-OH is 1. The van der Waals surface area contributed by atoms with Crippen LogP contribution in [0.2, 0.25) is 0 Å². The van der Waals surface area contributed by atoms with E-state index in [1.807, 2.05) is 0 Å². The van der Waals surface area contributed by atoms with Gasteiger partial charge in [0.2, 0.25) is 5.91 Å². The minimum absolute atomic E-state index is 0.0726. The molecule has 98 valence electrons. The molecule has 2 atom stereocenters. The summed E-state index contributed by atoms with van der Waals surface area (Å²) in [6, 6.07) is 3.95. The zero-order valence-electron chi connectivity index (χ0n) is 9.76. The highest BCUT2D eigenvalue weighted by molar-refractivity contribution is 5.85. The van der Waals surface area contributed by atoms with Crippen molar-refractivity contribution >= 4 is 11.9 Å². The Morgan fingerprint density at radius 3 is 2.33 bits per heavy atom. The molecule has 1 aromatic carbocycles. The number of aliphatic carboxylic acids is 1. The van der Waals surface area contributed by atoms with Crippen molar-refractivity contribution in [2.75, 3.05) is 0 Å². The SMILES string of the molecule is CC(O)C(NC(=O)Cc1ccc(F)cc1)C(=O)O. The molecule has 0 radical (unpaired) electrons. The van der Waals surface area contributed by atoms with E-state index < -0.39 is 29.8 Å². The second-order valence-corrected chi connectivity index (χ2v) is 3.93. The summed E-state index contributed by atoms with van der Waals surface area (Å²) >= 11 is 0. The van der Waals surface area contributed by atoms with Gasteiger partial charge in [0.15, 0.2) is 6.04 Å². The van der Waals surface area contributed by atoms with Gasteiger partial charge in [0, 0.05) is 0 Å². The van der Waals surface area contributed by atoms with Crippen LogP contribution in [0.3, 0.4) is 0 Å². The third kappa shape index (κ3) is 4.14. The molecule has 0 aliphatic rings. The maximum Gasteiger partial charge on any atom is 0.328 e. The smallest absolute Gasteiger partial charge is 0.328 e. The second kappa shape index (κ2) is 6.11. The molecule has 0 saturated carbocycles. The molecule has 1 aromatic rings. The molecule has 0 aliphatic carbocycles. The van der Waals surface area contributed by atoms with Crippen LogP contribution in [-0.2, 0) is 16.0 Å². The molecule has 0 bridgehead atoms. The van der Waals surface area contributed by atoms with Gasteiger partial charge in [-0.3, -0.25) is 4.79 Å². The molecule has 0 heterocycles. The number of halogens is 1. The highest BCUT2D eigenvalue weighted by Crippen LogP contribution is 2.04. The standard InChI is InChI=1S/C12H14FNO4/c1-7(15)11(12(17)18)14-10(16)6-8-2-4-9(13)5-3-8/h2-5,7,11,15H,6H2,1H3,(H,14,16)(H,17,18). The van der Waals surface area contributed by atoms with Crippen LogP contribution in [0.15, 0.2) is 24.3 Å². The molecular weight excluding hydrogens is 241 g/mol. The van der Waals surface area contributed by atoms with Crippen molar-refractivity contribution in [2.24, 2.45) is 0 Å². The summed E-state index contributed by atoms with van der Waals surface area (Å²) in [5.41, 5.74) is 0.559. The molecule has 0 aliphatic heterocycles. The van der Waals surface area contributed by atoms with Gasteiger partial charge >= 0.3 is 5.97 Å². The van der Waals surface area contributed by atoms with Crippen molar-refractivity contribution in [3.63, 3.8) is 0 Å². The largest absolute Gasteiger partial charge is 0.480 e. The molecular formula is C12H14FNO4. The van der Waals surface area contributed by atoms with E-state index in [0.717, 1.165) is 0 Å². The van der Waals surface area contributed by atoms with Gasteiger partial charge < -0.3 is 15.5 Å². The lowest BCUT2D eigenvalue weighted by Gasteiger charge is -2.16. The van der Waals surface area contributed by atoms with Crippen LogP contribution in [-0.4, -0.2) is 34.2 Å². The van der Waals surface area contributed by atoms with Crippen LogP contribution in [0.4, 0.5) is 4.39 Å². The lowest BCUT2D eigenvalue weighted by atomic mass is 10.1. The number of benzene rings is 1. The number of hydrogen-bond acceptors (Lipinski definition) is 3. The number of hydrogen-bond donors (Lipinski definition) is 3. The van der Waals surface area contributed by atoms with Crippen LogP contribution in [0.1, 0.15) is 12.5 Å². The molecule has 2 unspecified atom stereocenters. The molecule has 0 fully saturated rings. The highest BCUT2D eigenvalue weighted by Gasteiger charge is 2.24. The fourth-order valence-electron chi connectivity index (χ4n) is 1.40. The van der Waals surface area contributed by atoms with Crippen LogP contribution >= 0.6 is 0 Å². The van der Waals surface area contributed by atoms with Crippen molar-refractivity contribution in [3.05, 3.63) is 35.6 Å². The Morgan fingerprint density at radius 2 is 1.89 bits per heavy atom. The third-order valence-electron chi connectivity index (χ3n) is 2.34. The van der Waals surface area contributed by atoms with E-state index in [1.165, 1.54) is 31.2 Å². The first-order chi connectivity index (χ1) is 8.40. The Labute approximate surface area is 103 Å². The van der Waals surface area contributed by atoms with Crippen molar-refractivity contribution in [1.82, 2.24) is 5.32 Å². The van der Waals surface area contributed by atoms with Gasteiger partial charge in [-0.1, -0.05) is 12.1 Å². The number of carbonyl (C=O) groups excluding carboxylic acids is 1. The number of rotatable bonds is 5. The first-order valence-corrected chi connectivity index (χ1v) is 5.35. The Morgan fingerprint density at radius 1 is 1.33 bits per heavy atom. The van der Waals surface area contributed by atoms with Gasteiger partial charge in [-0.2, -0.15) is 0 Å². The molecule has 3 N–H and O–H groups in total. The molecule has 5 nitrogen and oxygen atoms in total. The van der Waals surface area contributed by atoms with Gasteiger partial charge in [-0.05, 0) is 24.6 Å². The number of carboxylic acids is 1. The van der Waals surface area contributed by atoms with Crippen molar-refractivity contribution < 1.29 is 24.2 Å². The van der Waals surface area contributed by atoms with Gasteiger partial charge in [-0.15, -0.1) is 0 Å². The fourth-order valence-corrected chi connectivity index (χ4v) is 1.40. The third-order valence-corrected chi connectivity index (χ3v) is 2.34. The maximum atomic E-state index is 12.6. The minimum Gasteiger partial charge on any atom is -0.480 e. The molecule has 1 amide bonds. The lowest BCUT2D eigenvalue weighted by molar-refractivity contribution is -0.144. The average molecular weight is 255 g/mol. The second-order valence-electron chi connectivity index (χ2n) is 3.93. The Kier molecular flexibility index (Phi) is 4.79. The van der Waals surface area contributed by atoms with E-state index in [9.17, 15) is 19.1 Å². The fraction of sp³-hybridized carbons (Fsp3) is 0.333. The van der Waals surface area contributed by atoms with E-state index in [2.05, 4.69) is 5.32 Å². The van der Waals surface area contributed by atoms with Crippen LogP contribution in [0.25, 0.3) is 0 Å². The maximum absolute atomic E-state index is 12.6. The number of carbonyl (C=O) groups is 2. The summed E-state index contributed by atoms with van der Waals surface area (Å²) in [4.78, 5) is 22.3. The van der Waals surface area contributed by atoms with Crippen LogP contribution < -0.4 is 5.32 Å². The average Bonchev–Trinajstić information content (AvgIpc) is 2.28. The predicted molar refractivity (Wildman–Crippen MR) is 61.4 cm³/mol. The molecule has 0 spiro atoms. The Balaban J connectivity index is 2.60. The summed E-state index contributed by atoms with van der Waals surface area (Å²) in [7, 11) is 0. The number of aliphatic hydroxyl groups is 1. The van der Waals surface area contributed by atoms with Gasteiger partial charge in [0.1, 0.15) is 5.82 Å². The zero-order valence-corrected chi connectivity index (χ0v) is 9.76. The molecule has 18 heavy (non-hydrogen) atoms.